The summed E-state index contributed by atoms with van der Waals surface area (Å²) in [4.78, 5) is 16.7. The van der Waals surface area contributed by atoms with E-state index in [1.807, 2.05) is 32.0 Å². The normalized spacial score (nSPS) is 11.3. The Morgan fingerprint density at radius 2 is 1.90 bits per heavy atom. The number of carbonyl (C=O) groups excluding carboxylic acids is 1. The van der Waals surface area contributed by atoms with E-state index < -0.39 is 5.97 Å². The van der Waals surface area contributed by atoms with Crippen LogP contribution in [0.5, 0.6) is 0 Å². The molecule has 4 nitrogen and oxygen atoms in total. The molecule has 0 radical (unpaired) electrons. The summed E-state index contributed by atoms with van der Waals surface area (Å²) in [5.74, 6) is -0.460. The lowest BCUT2D eigenvalue weighted by molar-refractivity contribution is 0.0516. The summed E-state index contributed by atoms with van der Waals surface area (Å²) in [7, 11) is 0. The summed E-state index contributed by atoms with van der Waals surface area (Å²) in [6, 6.07) is 12.4. The first kappa shape index (κ1) is 15.1. The standard InChI is InChI=1S/C16H15ClN2O2/c1-10-4-3-5-12(8-10)15(18)19-21-16(20)13-7-6-11(2)14(17)9-13/h3-9H,1-2H3,(H2,18,19). The number of nitrogens with zero attached hydrogens (tertiary/aromatic N) is 1. The van der Waals surface area contributed by atoms with Gasteiger partial charge in [0.2, 0.25) is 0 Å². The second-order valence-electron chi connectivity index (χ2n) is 4.69. The Kier molecular flexibility index (Phi) is 4.60. The van der Waals surface area contributed by atoms with E-state index in [0.717, 1.165) is 11.1 Å². The number of halogens is 1. The van der Waals surface area contributed by atoms with Crippen LogP contribution in [-0.4, -0.2) is 11.8 Å². The molecule has 5 heteroatoms. The second-order valence-corrected chi connectivity index (χ2v) is 5.10. The molecule has 0 spiro atoms. The molecule has 0 atom stereocenters. The summed E-state index contributed by atoms with van der Waals surface area (Å²) >= 11 is 5.97. The first-order valence-corrected chi connectivity index (χ1v) is 6.73. The van der Waals surface area contributed by atoms with Crippen molar-refractivity contribution in [2.24, 2.45) is 10.9 Å². The molecular formula is C16H15ClN2O2. The Labute approximate surface area is 128 Å². The van der Waals surface area contributed by atoms with Gasteiger partial charge >= 0.3 is 5.97 Å². The van der Waals surface area contributed by atoms with Crippen LogP contribution in [-0.2, 0) is 4.84 Å². The Bertz CT molecular complexity index is 711. The lowest BCUT2D eigenvalue weighted by atomic mass is 10.1. The smallest absolute Gasteiger partial charge is 0.365 e. The van der Waals surface area contributed by atoms with E-state index in [9.17, 15) is 4.79 Å². The number of carbonyl (C=O) groups is 1. The Hall–Kier alpha value is -2.33. The minimum Gasteiger partial charge on any atom is -0.380 e. The van der Waals surface area contributed by atoms with Gasteiger partial charge in [0.1, 0.15) is 0 Å². The monoisotopic (exact) mass is 302 g/mol. The molecule has 0 aliphatic heterocycles. The van der Waals surface area contributed by atoms with Crippen LogP contribution in [0.3, 0.4) is 0 Å². The molecule has 2 aromatic carbocycles. The average molecular weight is 303 g/mol. The van der Waals surface area contributed by atoms with E-state index in [4.69, 9.17) is 22.2 Å². The molecule has 0 aliphatic carbocycles. The molecule has 21 heavy (non-hydrogen) atoms. The quantitative estimate of drug-likeness (QED) is 0.409. The van der Waals surface area contributed by atoms with Crippen molar-refractivity contribution in [3.8, 4) is 0 Å². The van der Waals surface area contributed by atoms with Crippen LogP contribution in [0.4, 0.5) is 0 Å². The van der Waals surface area contributed by atoms with Crippen molar-refractivity contribution in [1.29, 1.82) is 0 Å². The van der Waals surface area contributed by atoms with Crippen LogP contribution in [0.25, 0.3) is 0 Å². The van der Waals surface area contributed by atoms with Crippen LogP contribution in [0, 0.1) is 13.8 Å². The van der Waals surface area contributed by atoms with Crippen molar-refractivity contribution in [3.63, 3.8) is 0 Å². The molecule has 0 fully saturated rings. The minimum absolute atomic E-state index is 0.144. The highest BCUT2D eigenvalue weighted by molar-refractivity contribution is 6.31. The van der Waals surface area contributed by atoms with Gasteiger partial charge in [-0.25, -0.2) is 4.79 Å². The van der Waals surface area contributed by atoms with Crippen molar-refractivity contribution < 1.29 is 9.63 Å². The maximum atomic E-state index is 11.9. The molecule has 2 rings (SSSR count). The van der Waals surface area contributed by atoms with E-state index in [1.54, 1.807) is 18.2 Å². The van der Waals surface area contributed by atoms with Gasteiger partial charge in [0.15, 0.2) is 5.84 Å². The van der Waals surface area contributed by atoms with Crippen LogP contribution in [0.2, 0.25) is 5.02 Å². The zero-order valence-corrected chi connectivity index (χ0v) is 12.5. The molecule has 2 aromatic rings. The van der Waals surface area contributed by atoms with Crippen LogP contribution in [0.1, 0.15) is 27.0 Å². The Morgan fingerprint density at radius 3 is 2.57 bits per heavy atom. The molecule has 0 aromatic heterocycles. The fourth-order valence-corrected chi connectivity index (χ4v) is 1.90. The van der Waals surface area contributed by atoms with E-state index in [-0.39, 0.29) is 5.84 Å². The lowest BCUT2D eigenvalue weighted by Gasteiger charge is -2.03. The van der Waals surface area contributed by atoms with Gasteiger partial charge in [-0.15, -0.1) is 0 Å². The zero-order valence-electron chi connectivity index (χ0n) is 11.8. The summed E-state index contributed by atoms with van der Waals surface area (Å²) in [6.07, 6.45) is 0. The van der Waals surface area contributed by atoms with E-state index >= 15 is 0 Å². The molecule has 0 saturated carbocycles. The molecular weight excluding hydrogens is 288 g/mol. The molecule has 0 saturated heterocycles. The van der Waals surface area contributed by atoms with E-state index in [2.05, 4.69) is 5.16 Å². The largest absolute Gasteiger partial charge is 0.380 e. The highest BCUT2D eigenvalue weighted by Crippen LogP contribution is 2.17. The molecule has 2 N–H and O–H groups in total. The molecule has 0 bridgehead atoms. The Morgan fingerprint density at radius 1 is 1.14 bits per heavy atom. The number of oxime groups is 1. The zero-order chi connectivity index (χ0) is 15.4. The number of amidine groups is 1. The summed E-state index contributed by atoms with van der Waals surface area (Å²) in [5.41, 5.74) is 8.74. The maximum Gasteiger partial charge on any atom is 0.365 e. The van der Waals surface area contributed by atoms with Crippen LogP contribution < -0.4 is 5.73 Å². The number of hydrogen-bond acceptors (Lipinski definition) is 3. The van der Waals surface area contributed by atoms with Gasteiger partial charge in [-0.1, -0.05) is 46.6 Å². The number of nitrogens with two attached hydrogens (primary N) is 1. The van der Waals surface area contributed by atoms with E-state index in [1.165, 1.54) is 6.07 Å². The van der Waals surface area contributed by atoms with Gasteiger partial charge in [0.25, 0.3) is 0 Å². The van der Waals surface area contributed by atoms with Crippen molar-refractivity contribution >= 4 is 23.4 Å². The maximum absolute atomic E-state index is 11.9. The summed E-state index contributed by atoms with van der Waals surface area (Å²) in [6.45, 7) is 3.79. The Balaban J connectivity index is 2.12. The number of benzene rings is 2. The lowest BCUT2D eigenvalue weighted by Crippen LogP contribution is -2.15. The van der Waals surface area contributed by atoms with Gasteiger partial charge in [0, 0.05) is 10.6 Å². The SMILES string of the molecule is Cc1cccc(/C(N)=N\OC(=O)c2ccc(C)c(Cl)c2)c1. The molecule has 0 aliphatic rings. The van der Waals surface area contributed by atoms with Gasteiger partial charge < -0.3 is 10.6 Å². The van der Waals surface area contributed by atoms with Crippen LogP contribution in [0.15, 0.2) is 47.6 Å². The topological polar surface area (TPSA) is 64.7 Å². The first-order chi connectivity index (χ1) is 9.97. The molecule has 0 heterocycles. The minimum atomic E-state index is -0.604. The van der Waals surface area contributed by atoms with Gasteiger partial charge in [0.05, 0.1) is 5.56 Å². The van der Waals surface area contributed by atoms with Crippen LogP contribution >= 0.6 is 11.6 Å². The third-order valence-corrected chi connectivity index (χ3v) is 3.36. The molecule has 0 unspecified atom stereocenters. The van der Waals surface area contributed by atoms with Gasteiger partial charge in [-0.05, 0) is 37.6 Å². The fraction of sp³-hybridized carbons (Fsp3) is 0.125. The van der Waals surface area contributed by atoms with Crippen molar-refractivity contribution in [3.05, 3.63) is 69.7 Å². The van der Waals surface area contributed by atoms with Gasteiger partial charge in [-0.3, -0.25) is 0 Å². The van der Waals surface area contributed by atoms with Crippen molar-refractivity contribution in [1.82, 2.24) is 0 Å². The van der Waals surface area contributed by atoms with Crippen molar-refractivity contribution in [2.45, 2.75) is 13.8 Å². The molecule has 0 amide bonds. The van der Waals surface area contributed by atoms with Gasteiger partial charge in [-0.2, -0.15) is 0 Å². The summed E-state index contributed by atoms with van der Waals surface area (Å²) < 4.78 is 0. The third-order valence-electron chi connectivity index (χ3n) is 2.95. The highest BCUT2D eigenvalue weighted by atomic mass is 35.5. The second kappa shape index (κ2) is 6.41. The number of rotatable bonds is 3. The van der Waals surface area contributed by atoms with Crippen molar-refractivity contribution in [2.75, 3.05) is 0 Å². The van der Waals surface area contributed by atoms with E-state index in [0.29, 0.717) is 16.1 Å². The predicted molar refractivity (Wildman–Crippen MR) is 83.5 cm³/mol. The fourth-order valence-electron chi connectivity index (χ4n) is 1.72. The predicted octanol–water partition coefficient (Wildman–Crippen LogP) is 3.43. The number of hydrogen-bond donors (Lipinski definition) is 1. The molecule has 108 valence electrons. The first-order valence-electron chi connectivity index (χ1n) is 6.35. The number of aryl methyl sites for hydroxylation is 2. The third kappa shape index (κ3) is 3.83. The summed E-state index contributed by atoms with van der Waals surface area (Å²) in [5, 5.41) is 4.17. The average Bonchev–Trinajstić information content (AvgIpc) is 2.47. The highest BCUT2D eigenvalue weighted by Gasteiger charge is 2.09.